The lowest BCUT2D eigenvalue weighted by molar-refractivity contribution is 0.0983. The van der Waals surface area contributed by atoms with Crippen molar-refractivity contribution in [3.05, 3.63) is 11.8 Å². The Morgan fingerprint density at radius 2 is 1.88 bits per heavy atom. The van der Waals surface area contributed by atoms with Crippen molar-refractivity contribution in [3.8, 4) is 0 Å². The fourth-order valence-corrected chi connectivity index (χ4v) is 3.62. The highest BCUT2D eigenvalue weighted by Crippen LogP contribution is 2.23. The Labute approximate surface area is 156 Å². The number of ether oxygens (including phenoxy) is 1. The lowest BCUT2D eigenvalue weighted by Gasteiger charge is -2.33. The first kappa shape index (κ1) is 18.7. The number of nitrogens with one attached hydrogen (secondary N) is 1. The van der Waals surface area contributed by atoms with Gasteiger partial charge in [0.15, 0.2) is 0 Å². The van der Waals surface area contributed by atoms with Crippen LogP contribution in [0.3, 0.4) is 0 Å². The fraction of sp³-hybridized carbons (Fsp3) is 0.737. The predicted octanol–water partition coefficient (Wildman–Crippen LogP) is 3.05. The molecule has 7 heteroatoms. The zero-order chi connectivity index (χ0) is 18.5. The molecule has 0 unspecified atom stereocenters. The Morgan fingerprint density at radius 3 is 2.54 bits per heavy atom. The number of amides is 1. The molecule has 1 amide bonds. The lowest BCUT2D eigenvalue weighted by Crippen LogP contribution is -2.42. The minimum Gasteiger partial charge on any atom is -0.450 e. The van der Waals surface area contributed by atoms with E-state index >= 15 is 0 Å². The van der Waals surface area contributed by atoms with Crippen LogP contribution in [0.25, 0.3) is 0 Å². The van der Waals surface area contributed by atoms with Gasteiger partial charge >= 0.3 is 6.09 Å². The Morgan fingerprint density at radius 1 is 1.19 bits per heavy atom. The third kappa shape index (κ3) is 4.77. The van der Waals surface area contributed by atoms with E-state index in [0.717, 1.165) is 43.4 Å². The van der Waals surface area contributed by atoms with E-state index in [1.165, 1.54) is 12.8 Å². The molecule has 7 nitrogen and oxygen atoms in total. The molecule has 3 heterocycles. The summed E-state index contributed by atoms with van der Waals surface area (Å²) < 4.78 is 5.08. The Hall–Kier alpha value is -2.05. The average Bonchev–Trinajstić information content (AvgIpc) is 2.62. The van der Waals surface area contributed by atoms with Crippen LogP contribution >= 0.6 is 0 Å². The van der Waals surface area contributed by atoms with E-state index in [0.29, 0.717) is 25.6 Å². The molecule has 0 spiro atoms. The van der Waals surface area contributed by atoms with Crippen LogP contribution in [0.15, 0.2) is 6.07 Å². The molecule has 1 aromatic heterocycles. The van der Waals surface area contributed by atoms with Crippen LogP contribution < -0.4 is 10.2 Å². The molecular formula is C19H31N5O2. The number of anilines is 2. The number of rotatable bonds is 4. The third-order valence-electron chi connectivity index (χ3n) is 5.30. The SMILES string of the molecule is CCOC(=O)N1CCC(Nc2nc(C)cc(N3CCC(C)CC3)n2)CC1. The monoisotopic (exact) mass is 361 g/mol. The molecule has 0 aliphatic carbocycles. The van der Waals surface area contributed by atoms with Gasteiger partial charge in [0.05, 0.1) is 6.61 Å². The molecule has 1 N–H and O–H groups in total. The van der Waals surface area contributed by atoms with Gasteiger partial charge in [-0.15, -0.1) is 0 Å². The molecule has 2 saturated heterocycles. The van der Waals surface area contributed by atoms with Gasteiger partial charge in [-0.3, -0.25) is 0 Å². The van der Waals surface area contributed by atoms with E-state index in [2.05, 4.69) is 28.2 Å². The molecule has 0 aromatic carbocycles. The summed E-state index contributed by atoms with van der Waals surface area (Å²) in [7, 11) is 0. The minimum atomic E-state index is -0.209. The zero-order valence-corrected chi connectivity index (χ0v) is 16.2. The first-order chi connectivity index (χ1) is 12.5. The smallest absolute Gasteiger partial charge is 0.409 e. The van der Waals surface area contributed by atoms with Gasteiger partial charge in [0, 0.05) is 44.0 Å². The molecular weight excluding hydrogens is 330 g/mol. The van der Waals surface area contributed by atoms with Crippen molar-refractivity contribution in [2.45, 2.75) is 52.5 Å². The van der Waals surface area contributed by atoms with Crippen molar-refractivity contribution in [2.24, 2.45) is 5.92 Å². The van der Waals surface area contributed by atoms with Gasteiger partial charge in [0.1, 0.15) is 5.82 Å². The van der Waals surface area contributed by atoms with Crippen LogP contribution in [0.5, 0.6) is 0 Å². The van der Waals surface area contributed by atoms with E-state index in [1.807, 2.05) is 13.8 Å². The number of aromatic nitrogens is 2. The maximum atomic E-state index is 11.8. The van der Waals surface area contributed by atoms with Crippen LogP contribution in [-0.2, 0) is 4.74 Å². The highest BCUT2D eigenvalue weighted by molar-refractivity contribution is 5.67. The van der Waals surface area contributed by atoms with Crippen molar-refractivity contribution in [1.82, 2.24) is 14.9 Å². The van der Waals surface area contributed by atoms with Crippen LogP contribution in [0.4, 0.5) is 16.6 Å². The quantitative estimate of drug-likeness (QED) is 0.889. The summed E-state index contributed by atoms with van der Waals surface area (Å²) in [6.07, 6.45) is 4.00. The molecule has 2 aliphatic heterocycles. The van der Waals surface area contributed by atoms with E-state index in [9.17, 15) is 4.79 Å². The molecule has 0 bridgehead atoms. The van der Waals surface area contributed by atoms with Gasteiger partial charge in [0.2, 0.25) is 5.95 Å². The van der Waals surface area contributed by atoms with Crippen LogP contribution in [0.2, 0.25) is 0 Å². The minimum absolute atomic E-state index is 0.209. The van der Waals surface area contributed by atoms with Gasteiger partial charge < -0.3 is 19.9 Å². The van der Waals surface area contributed by atoms with E-state index in [4.69, 9.17) is 9.72 Å². The summed E-state index contributed by atoms with van der Waals surface area (Å²) >= 11 is 0. The third-order valence-corrected chi connectivity index (χ3v) is 5.30. The summed E-state index contributed by atoms with van der Waals surface area (Å²) in [5.74, 6) is 2.53. The molecule has 2 aliphatic rings. The first-order valence-electron chi connectivity index (χ1n) is 9.84. The summed E-state index contributed by atoms with van der Waals surface area (Å²) in [4.78, 5) is 25.3. The van der Waals surface area contributed by atoms with Crippen LogP contribution in [0, 0.1) is 12.8 Å². The maximum absolute atomic E-state index is 11.8. The second-order valence-corrected chi connectivity index (χ2v) is 7.47. The number of aryl methyl sites for hydroxylation is 1. The average molecular weight is 361 g/mol. The van der Waals surface area contributed by atoms with E-state index in [-0.39, 0.29) is 12.1 Å². The van der Waals surface area contributed by atoms with Gasteiger partial charge in [-0.25, -0.2) is 9.78 Å². The molecule has 1 aromatic rings. The van der Waals surface area contributed by atoms with Crippen LogP contribution in [0.1, 0.15) is 45.2 Å². The van der Waals surface area contributed by atoms with Crippen molar-refractivity contribution < 1.29 is 9.53 Å². The van der Waals surface area contributed by atoms with Gasteiger partial charge in [0.25, 0.3) is 0 Å². The summed E-state index contributed by atoms with van der Waals surface area (Å²) in [6, 6.07) is 2.36. The normalized spacial score (nSPS) is 19.5. The second kappa shape index (κ2) is 8.56. The van der Waals surface area contributed by atoms with Crippen molar-refractivity contribution in [1.29, 1.82) is 0 Å². The highest BCUT2D eigenvalue weighted by atomic mass is 16.6. The summed E-state index contributed by atoms with van der Waals surface area (Å²) in [5.41, 5.74) is 0.986. The second-order valence-electron chi connectivity index (χ2n) is 7.47. The zero-order valence-electron chi connectivity index (χ0n) is 16.2. The van der Waals surface area contributed by atoms with Crippen molar-refractivity contribution >= 4 is 17.9 Å². The number of hydrogen-bond donors (Lipinski definition) is 1. The number of nitrogens with zero attached hydrogens (tertiary/aromatic N) is 4. The van der Waals surface area contributed by atoms with Gasteiger partial charge in [-0.05, 0) is 45.4 Å². The summed E-state index contributed by atoms with van der Waals surface area (Å²) in [5, 5.41) is 3.47. The molecule has 144 valence electrons. The molecule has 2 fully saturated rings. The highest BCUT2D eigenvalue weighted by Gasteiger charge is 2.24. The number of likely N-dealkylation sites (tertiary alicyclic amines) is 1. The first-order valence-corrected chi connectivity index (χ1v) is 9.84. The fourth-order valence-electron chi connectivity index (χ4n) is 3.62. The van der Waals surface area contributed by atoms with E-state index in [1.54, 1.807) is 4.90 Å². The number of piperidine rings is 2. The molecule has 26 heavy (non-hydrogen) atoms. The van der Waals surface area contributed by atoms with Crippen LogP contribution in [-0.4, -0.2) is 59.8 Å². The van der Waals surface area contributed by atoms with E-state index < -0.39 is 0 Å². The standard InChI is InChI=1S/C19H31N5O2/c1-4-26-19(25)24-11-7-16(8-12-24)21-18-20-15(3)13-17(22-18)23-9-5-14(2)6-10-23/h13-14,16H,4-12H2,1-3H3,(H,20,21,22). The lowest BCUT2D eigenvalue weighted by atomic mass is 9.99. The van der Waals surface area contributed by atoms with Gasteiger partial charge in [-0.1, -0.05) is 6.92 Å². The topological polar surface area (TPSA) is 70.6 Å². The Balaban J connectivity index is 1.58. The van der Waals surface area contributed by atoms with Crippen molar-refractivity contribution in [3.63, 3.8) is 0 Å². The van der Waals surface area contributed by atoms with Gasteiger partial charge in [-0.2, -0.15) is 4.98 Å². The number of carbonyl (C=O) groups is 1. The molecule has 0 saturated carbocycles. The molecule has 0 atom stereocenters. The molecule has 3 rings (SSSR count). The summed E-state index contributed by atoms with van der Waals surface area (Å²) in [6.45, 7) is 10.1. The predicted molar refractivity (Wildman–Crippen MR) is 103 cm³/mol. The maximum Gasteiger partial charge on any atom is 0.409 e. The molecule has 0 radical (unpaired) electrons. The Kier molecular flexibility index (Phi) is 6.16. The van der Waals surface area contributed by atoms with Crippen molar-refractivity contribution in [2.75, 3.05) is 43.0 Å². The Bertz CT molecular complexity index is 608. The number of carbonyl (C=O) groups excluding carboxylic acids is 1. The largest absolute Gasteiger partial charge is 0.450 e. The number of hydrogen-bond acceptors (Lipinski definition) is 6.